The molecule has 2 aliphatic rings. The average Bonchev–Trinajstić information content (AvgIpc) is 3.01. The van der Waals surface area contributed by atoms with Crippen LogP contribution in [0.3, 0.4) is 0 Å². The van der Waals surface area contributed by atoms with E-state index in [2.05, 4.69) is 9.88 Å². The Hall–Kier alpha value is -3.78. The number of benzene rings is 3. The predicted octanol–water partition coefficient (Wildman–Crippen LogP) is 5.20. The average molecular weight is 710 g/mol. The molecule has 1 aliphatic heterocycles. The first-order chi connectivity index (χ1) is 22.2. The molecule has 1 saturated carbocycles. The summed E-state index contributed by atoms with van der Waals surface area (Å²) in [5.74, 6) is -8.87. The number of fused-ring (bicyclic) bond motifs is 1. The van der Waals surface area contributed by atoms with Crippen molar-refractivity contribution < 1.29 is 41.8 Å². The Morgan fingerprint density at radius 2 is 1.81 bits per heavy atom. The summed E-state index contributed by atoms with van der Waals surface area (Å²) in [6.45, 7) is -0.443. The van der Waals surface area contributed by atoms with Crippen LogP contribution in [-0.4, -0.2) is 54.5 Å². The second-order valence-electron chi connectivity index (χ2n) is 11.5. The lowest BCUT2D eigenvalue weighted by Gasteiger charge is -2.50. The normalized spacial score (nSPS) is 22.1. The summed E-state index contributed by atoms with van der Waals surface area (Å²) in [5, 5.41) is 27.3. The fourth-order valence-corrected chi connectivity index (χ4v) is 7.66. The Labute approximate surface area is 280 Å². The number of nitrogens with zero attached hydrogens (tertiary/aromatic N) is 2. The zero-order valence-corrected chi connectivity index (χ0v) is 27.2. The highest BCUT2D eigenvalue weighted by Crippen LogP contribution is 2.48. The van der Waals surface area contributed by atoms with Crippen molar-refractivity contribution in [2.45, 2.75) is 62.3 Å². The molecule has 4 atom stereocenters. The number of halogens is 4. The third-order valence-corrected chi connectivity index (χ3v) is 9.61. The van der Waals surface area contributed by atoms with Crippen LogP contribution in [0.25, 0.3) is 0 Å². The lowest BCUT2D eigenvalue weighted by molar-refractivity contribution is -0.227. The third-order valence-electron chi connectivity index (χ3n) is 8.32. The second-order valence-corrected chi connectivity index (χ2v) is 14.1. The van der Waals surface area contributed by atoms with E-state index in [1.807, 2.05) is 0 Å². The Balaban J connectivity index is 1.59. The van der Waals surface area contributed by atoms with Crippen molar-refractivity contribution in [1.82, 2.24) is 9.62 Å². The molecule has 0 aromatic heterocycles. The topological polar surface area (TPSA) is 148 Å². The number of rotatable bonds is 10. The highest BCUT2D eigenvalue weighted by molar-refractivity contribution is 7.88. The molecule has 0 spiro atoms. The van der Waals surface area contributed by atoms with Crippen molar-refractivity contribution in [2.75, 3.05) is 6.26 Å². The van der Waals surface area contributed by atoms with E-state index in [1.54, 1.807) is 36.4 Å². The van der Waals surface area contributed by atoms with E-state index in [-0.39, 0.29) is 16.1 Å². The van der Waals surface area contributed by atoms with Gasteiger partial charge in [-0.3, -0.25) is 4.79 Å². The van der Waals surface area contributed by atoms with Gasteiger partial charge in [-0.15, -0.1) is 5.16 Å². The number of nitrogens with one attached hydrogen (secondary N) is 1. The molecule has 1 amide bonds. The number of hydrogen-bond acceptors (Lipinski definition) is 7. The fourth-order valence-electron chi connectivity index (χ4n) is 6.32. The number of carboxylic acid groups (broad SMARTS) is 1. The van der Waals surface area contributed by atoms with Crippen molar-refractivity contribution in [3.8, 4) is 0 Å². The lowest BCUT2D eigenvalue weighted by Crippen LogP contribution is -2.59. The van der Waals surface area contributed by atoms with Crippen molar-refractivity contribution >= 4 is 51.0 Å². The lowest BCUT2D eigenvalue weighted by atomic mass is 9.77. The van der Waals surface area contributed by atoms with Gasteiger partial charge in [0.05, 0.1) is 12.3 Å². The maximum atomic E-state index is 14.3. The van der Waals surface area contributed by atoms with Crippen LogP contribution in [0, 0.1) is 0 Å². The van der Waals surface area contributed by atoms with Crippen molar-refractivity contribution in [1.29, 1.82) is 0 Å². The predicted molar refractivity (Wildman–Crippen MR) is 169 cm³/mol. The summed E-state index contributed by atoms with van der Waals surface area (Å²) in [6, 6.07) is 13.3. The maximum absolute atomic E-state index is 14.3. The van der Waals surface area contributed by atoms with Crippen LogP contribution in [0.4, 0.5) is 8.78 Å². The van der Waals surface area contributed by atoms with E-state index >= 15 is 0 Å². The van der Waals surface area contributed by atoms with Gasteiger partial charge in [-0.2, -0.15) is 8.78 Å². The Bertz CT molecular complexity index is 1830. The van der Waals surface area contributed by atoms with Gasteiger partial charge in [-0.25, -0.2) is 17.9 Å². The summed E-state index contributed by atoms with van der Waals surface area (Å²) in [7, 11) is -3.67. The third kappa shape index (κ3) is 7.38. The molecule has 2 N–H and O–H groups in total. The molecule has 15 heteroatoms. The van der Waals surface area contributed by atoms with Crippen LogP contribution < -0.4 is 9.83 Å². The van der Waals surface area contributed by atoms with Crippen LogP contribution >= 0.6 is 23.2 Å². The number of oxime groups is 1. The zero-order valence-electron chi connectivity index (χ0n) is 24.9. The quantitative estimate of drug-likeness (QED) is 0.167. The van der Waals surface area contributed by atoms with Gasteiger partial charge < -0.3 is 20.0 Å². The van der Waals surface area contributed by atoms with Crippen molar-refractivity contribution in [3.05, 3.63) is 105 Å². The summed E-state index contributed by atoms with van der Waals surface area (Å²) in [4.78, 5) is 32.2. The number of alkyl halides is 2. The monoisotopic (exact) mass is 708 g/mol. The smallest absolute Gasteiger partial charge is 0.379 e. The molecule has 3 aromatic carbocycles. The van der Waals surface area contributed by atoms with Gasteiger partial charge in [-0.1, -0.05) is 78.5 Å². The van der Waals surface area contributed by atoms with Crippen LogP contribution in [0.2, 0.25) is 10.0 Å². The summed E-state index contributed by atoms with van der Waals surface area (Å²) < 4.78 is 55.6. The van der Waals surface area contributed by atoms with Gasteiger partial charge in [0.2, 0.25) is 10.0 Å². The first-order valence-corrected chi connectivity index (χ1v) is 17.2. The number of amides is 1. The van der Waals surface area contributed by atoms with Crippen LogP contribution in [0.15, 0.2) is 71.9 Å². The molecule has 3 aromatic rings. The van der Waals surface area contributed by atoms with Gasteiger partial charge in [0, 0.05) is 45.1 Å². The molecule has 0 radical (unpaired) electrons. The number of carbonyl (C=O) groups excluding carboxylic acids is 1. The van der Waals surface area contributed by atoms with Gasteiger partial charge in [0.1, 0.15) is 6.61 Å². The number of carbonyl (C=O) groups is 2. The number of aliphatic carboxylic acids is 1. The molecule has 0 unspecified atom stereocenters. The van der Waals surface area contributed by atoms with Crippen molar-refractivity contribution in [3.63, 3.8) is 0 Å². The molecule has 1 heterocycles. The van der Waals surface area contributed by atoms with Crippen molar-refractivity contribution in [2.24, 2.45) is 5.16 Å². The maximum Gasteiger partial charge on any atom is 0.379 e. The highest BCUT2D eigenvalue weighted by atomic mass is 35.5. The molecule has 47 heavy (non-hydrogen) atoms. The van der Waals surface area contributed by atoms with Crippen LogP contribution in [0.1, 0.15) is 70.3 Å². The fraction of sp³-hybridized carbons (Fsp3) is 0.344. The van der Waals surface area contributed by atoms with Gasteiger partial charge in [0.15, 0.2) is 0 Å². The number of sulfonamides is 1. The standard InChI is InChI=1S/C32H31Cl2F2N3O7S/c1-47(44,45)38-25-11-4-5-12-26(25)39-28(23-14-13-20(33)16-24(23)34)27(21-9-2-3-10-22(21)30(39)41)29(40)37-46-17-18-7-6-8-19(15-18)32(35,36)31(42)43/h2-3,6-10,13-16,25-28,38H,4-5,11-12,17H2,1H3,(H,37,40)(H,42,43)/p-1/t25-,26-,27+,28-/m0/s1. The van der Waals surface area contributed by atoms with E-state index in [0.717, 1.165) is 24.8 Å². The first kappa shape index (κ1) is 34.6. The molecule has 250 valence electrons. The summed E-state index contributed by atoms with van der Waals surface area (Å²) in [5.41, 5.74) is 0.299. The molecule has 1 aliphatic carbocycles. The SMILES string of the molecule is CS(=O)(=O)N[C@H]1CCCC[C@@H]1N1C(=O)c2ccccc2[C@@H](C([O-])=NOCc2cccc(C(F)(F)C(=O)O)c2)[C@@H]1c1ccc(Cl)cc1Cl. The summed E-state index contributed by atoms with van der Waals surface area (Å²) >= 11 is 12.9. The van der Waals surface area contributed by atoms with Gasteiger partial charge >= 0.3 is 11.9 Å². The Kier molecular flexibility index (Phi) is 10.1. The molecule has 0 saturated heterocycles. The summed E-state index contributed by atoms with van der Waals surface area (Å²) in [6.07, 6.45) is 3.36. The minimum absolute atomic E-state index is 0.134. The van der Waals surface area contributed by atoms with E-state index in [9.17, 15) is 31.9 Å². The van der Waals surface area contributed by atoms with Crippen LogP contribution in [-0.2, 0) is 32.2 Å². The largest absolute Gasteiger partial charge is 0.859 e. The van der Waals surface area contributed by atoms with E-state index in [4.69, 9.17) is 33.1 Å². The van der Waals surface area contributed by atoms with E-state index in [1.165, 1.54) is 23.1 Å². The second kappa shape index (κ2) is 13.8. The number of hydrogen-bond donors (Lipinski definition) is 2. The zero-order chi connectivity index (χ0) is 34.1. The van der Waals surface area contributed by atoms with Gasteiger partial charge in [0.25, 0.3) is 5.91 Å². The molecule has 5 rings (SSSR count). The molecule has 0 bridgehead atoms. The first-order valence-electron chi connectivity index (χ1n) is 14.6. The molecular weight excluding hydrogens is 679 g/mol. The van der Waals surface area contributed by atoms with Crippen LogP contribution in [0.5, 0.6) is 0 Å². The molecule has 10 nitrogen and oxygen atoms in total. The number of carboxylic acids is 1. The van der Waals surface area contributed by atoms with E-state index in [0.29, 0.717) is 35.4 Å². The Morgan fingerprint density at radius 3 is 2.51 bits per heavy atom. The molecule has 1 fully saturated rings. The molecular formula is C32H30Cl2F2N3O7S-. The van der Waals surface area contributed by atoms with Gasteiger partial charge in [-0.05, 0) is 53.8 Å². The Morgan fingerprint density at radius 1 is 1.09 bits per heavy atom. The van der Waals surface area contributed by atoms with E-state index < -0.39 is 69.9 Å². The minimum Gasteiger partial charge on any atom is -0.859 e. The highest BCUT2D eigenvalue weighted by Gasteiger charge is 2.47. The minimum atomic E-state index is -4.14.